The Morgan fingerprint density at radius 3 is 2.50 bits per heavy atom. The number of anilines is 1. The van der Waals surface area contributed by atoms with E-state index in [1.807, 2.05) is 0 Å². The normalized spacial score (nSPS) is 15.1. The van der Waals surface area contributed by atoms with Gasteiger partial charge in [-0.2, -0.15) is 0 Å². The Morgan fingerprint density at radius 2 is 1.88 bits per heavy atom. The van der Waals surface area contributed by atoms with Crippen molar-refractivity contribution in [3.05, 3.63) is 29.8 Å². The lowest BCUT2D eigenvalue weighted by atomic mass is 10.1. The molecule has 0 bridgehead atoms. The van der Waals surface area contributed by atoms with Crippen molar-refractivity contribution in [3.63, 3.8) is 0 Å². The molecule has 16 heavy (non-hydrogen) atoms. The van der Waals surface area contributed by atoms with E-state index in [0.29, 0.717) is 0 Å². The average molecular weight is 217 g/mol. The Balaban J connectivity index is 1.74. The van der Waals surface area contributed by atoms with Gasteiger partial charge >= 0.3 is 0 Å². The Bertz CT molecular complexity index is 298. The third kappa shape index (κ3) is 3.88. The molecule has 0 radical (unpaired) electrons. The lowest BCUT2D eigenvalue weighted by molar-refractivity contribution is 0.717. The fourth-order valence-corrected chi connectivity index (χ4v) is 1.95. The second-order valence-corrected chi connectivity index (χ2v) is 4.98. The molecule has 1 nitrogen and oxygen atoms in total. The van der Waals surface area contributed by atoms with Crippen molar-refractivity contribution < 1.29 is 0 Å². The van der Waals surface area contributed by atoms with Crippen LogP contribution in [0.4, 0.5) is 5.69 Å². The van der Waals surface area contributed by atoms with Crippen LogP contribution in [0.3, 0.4) is 0 Å². The molecule has 0 amide bonds. The van der Waals surface area contributed by atoms with Crippen LogP contribution in [0.25, 0.3) is 0 Å². The molecular formula is C15H23N. The average Bonchev–Trinajstić information content (AvgIpc) is 3.12. The van der Waals surface area contributed by atoms with E-state index in [1.165, 1.54) is 49.8 Å². The van der Waals surface area contributed by atoms with Gasteiger partial charge in [-0.3, -0.25) is 0 Å². The van der Waals surface area contributed by atoms with Crippen LogP contribution in [0.15, 0.2) is 24.3 Å². The first kappa shape index (κ1) is 11.5. The molecule has 0 spiro atoms. The standard InChI is InChI=1S/C15H23N/c1-2-3-4-5-13-8-10-15(11-9-13)16-12-14-6-7-14/h8-11,14,16H,2-7,12H2,1H3. The summed E-state index contributed by atoms with van der Waals surface area (Å²) >= 11 is 0. The molecule has 0 heterocycles. The van der Waals surface area contributed by atoms with Gasteiger partial charge in [-0.15, -0.1) is 0 Å². The number of unbranched alkanes of at least 4 members (excludes halogenated alkanes) is 2. The first-order chi connectivity index (χ1) is 7.88. The molecule has 88 valence electrons. The predicted molar refractivity (Wildman–Crippen MR) is 70.9 cm³/mol. The summed E-state index contributed by atoms with van der Waals surface area (Å²) in [5.74, 6) is 0.948. The van der Waals surface area contributed by atoms with Gasteiger partial charge in [0, 0.05) is 12.2 Å². The Labute approximate surface area is 99.3 Å². The van der Waals surface area contributed by atoms with Crippen molar-refractivity contribution in [2.24, 2.45) is 5.92 Å². The molecule has 1 aromatic rings. The molecule has 1 heteroatoms. The molecule has 1 fully saturated rings. The number of rotatable bonds is 7. The van der Waals surface area contributed by atoms with Crippen LogP contribution in [-0.2, 0) is 6.42 Å². The fourth-order valence-electron chi connectivity index (χ4n) is 1.95. The van der Waals surface area contributed by atoms with Crippen molar-refractivity contribution >= 4 is 5.69 Å². The molecule has 0 aliphatic heterocycles. The van der Waals surface area contributed by atoms with E-state index >= 15 is 0 Å². The van der Waals surface area contributed by atoms with E-state index in [4.69, 9.17) is 0 Å². The van der Waals surface area contributed by atoms with Crippen LogP contribution < -0.4 is 5.32 Å². The molecule has 0 atom stereocenters. The molecule has 0 unspecified atom stereocenters. The van der Waals surface area contributed by atoms with E-state index in [0.717, 1.165) is 12.5 Å². The molecule has 1 aromatic carbocycles. The molecule has 1 aliphatic carbocycles. The highest BCUT2D eigenvalue weighted by Gasteiger charge is 2.20. The number of benzene rings is 1. The van der Waals surface area contributed by atoms with Gasteiger partial charge in [0.05, 0.1) is 0 Å². The summed E-state index contributed by atoms with van der Waals surface area (Å²) in [6.45, 7) is 3.42. The summed E-state index contributed by atoms with van der Waals surface area (Å²) in [4.78, 5) is 0. The smallest absolute Gasteiger partial charge is 0.0340 e. The molecule has 2 rings (SSSR count). The zero-order valence-corrected chi connectivity index (χ0v) is 10.3. The summed E-state index contributed by atoms with van der Waals surface area (Å²) in [6.07, 6.45) is 8.05. The topological polar surface area (TPSA) is 12.0 Å². The van der Waals surface area contributed by atoms with Crippen molar-refractivity contribution in [3.8, 4) is 0 Å². The maximum Gasteiger partial charge on any atom is 0.0340 e. The third-order valence-corrected chi connectivity index (χ3v) is 3.31. The SMILES string of the molecule is CCCCCc1ccc(NCC2CC2)cc1. The van der Waals surface area contributed by atoms with Gasteiger partial charge in [0.1, 0.15) is 0 Å². The van der Waals surface area contributed by atoms with E-state index in [2.05, 4.69) is 36.5 Å². The highest BCUT2D eigenvalue weighted by Crippen LogP contribution is 2.28. The van der Waals surface area contributed by atoms with Crippen LogP contribution in [0.2, 0.25) is 0 Å². The van der Waals surface area contributed by atoms with Crippen LogP contribution in [0.1, 0.15) is 44.6 Å². The van der Waals surface area contributed by atoms with E-state index in [9.17, 15) is 0 Å². The minimum atomic E-state index is 0.948. The zero-order valence-electron chi connectivity index (χ0n) is 10.3. The number of hydrogen-bond donors (Lipinski definition) is 1. The van der Waals surface area contributed by atoms with Crippen LogP contribution in [0.5, 0.6) is 0 Å². The summed E-state index contributed by atoms with van der Waals surface area (Å²) in [6, 6.07) is 8.99. The molecule has 0 saturated heterocycles. The Morgan fingerprint density at radius 1 is 1.12 bits per heavy atom. The molecule has 1 N–H and O–H groups in total. The largest absolute Gasteiger partial charge is 0.385 e. The van der Waals surface area contributed by atoms with Crippen molar-refractivity contribution in [1.29, 1.82) is 0 Å². The number of hydrogen-bond acceptors (Lipinski definition) is 1. The zero-order chi connectivity index (χ0) is 11.2. The summed E-state index contributed by atoms with van der Waals surface area (Å²) in [7, 11) is 0. The maximum absolute atomic E-state index is 3.50. The van der Waals surface area contributed by atoms with E-state index in [-0.39, 0.29) is 0 Å². The van der Waals surface area contributed by atoms with Gasteiger partial charge in [0.2, 0.25) is 0 Å². The first-order valence-corrected chi connectivity index (χ1v) is 6.71. The number of nitrogens with one attached hydrogen (secondary N) is 1. The lowest BCUT2D eigenvalue weighted by Gasteiger charge is -2.06. The van der Waals surface area contributed by atoms with Gasteiger partial charge in [0.15, 0.2) is 0 Å². The van der Waals surface area contributed by atoms with Crippen LogP contribution >= 0.6 is 0 Å². The molecular weight excluding hydrogens is 194 g/mol. The lowest BCUT2D eigenvalue weighted by Crippen LogP contribution is -2.02. The quantitative estimate of drug-likeness (QED) is 0.674. The van der Waals surface area contributed by atoms with Gasteiger partial charge in [-0.1, -0.05) is 31.9 Å². The number of aryl methyl sites for hydroxylation is 1. The van der Waals surface area contributed by atoms with E-state index in [1.54, 1.807) is 0 Å². The minimum Gasteiger partial charge on any atom is -0.385 e. The maximum atomic E-state index is 3.50. The predicted octanol–water partition coefficient (Wildman–Crippen LogP) is 4.24. The first-order valence-electron chi connectivity index (χ1n) is 6.71. The summed E-state index contributed by atoms with van der Waals surface area (Å²) in [5.41, 5.74) is 2.76. The monoisotopic (exact) mass is 217 g/mol. The molecule has 0 aromatic heterocycles. The second kappa shape index (κ2) is 5.93. The fraction of sp³-hybridized carbons (Fsp3) is 0.600. The van der Waals surface area contributed by atoms with Crippen molar-refractivity contribution in [2.45, 2.75) is 45.4 Å². The van der Waals surface area contributed by atoms with Gasteiger partial charge in [-0.05, 0) is 49.3 Å². The van der Waals surface area contributed by atoms with E-state index < -0.39 is 0 Å². The summed E-state index contributed by atoms with van der Waals surface area (Å²) in [5, 5.41) is 3.50. The van der Waals surface area contributed by atoms with Crippen LogP contribution in [-0.4, -0.2) is 6.54 Å². The highest BCUT2D eigenvalue weighted by molar-refractivity contribution is 5.44. The highest BCUT2D eigenvalue weighted by atomic mass is 14.9. The van der Waals surface area contributed by atoms with Crippen molar-refractivity contribution in [1.82, 2.24) is 0 Å². The van der Waals surface area contributed by atoms with Gasteiger partial charge in [0.25, 0.3) is 0 Å². The third-order valence-electron chi connectivity index (χ3n) is 3.31. The Kier molecular flexibility index (Phi) is 4.26. The van der Waals surface area contributed by atoms with Gasteiger partial charge in [-0.25, -0.2) is 0 Å². The molecule has 1 saturated carbocycles. The summed E-state index contributed by atoms with van der Waals surface area (Å²) < 4.78 is 0. The Hall–Kier alpha value is -0.980. The second-order valence-electron chi connectivity index (χ2n) is 4.98. The minimum absolute atomic E-state index is 0.948. The van der Waals surface area contributed by atoms with Crippen molar-refractivity contribution in [2.75, 3.05) is 11.9 Å². The van der Waals surface area contributed by atoms with Gasteiger partial charge < -0.3 is 5.32 Å². The van der Waals surface area contributed by atoms with Crippen LogP contribution in [0, 0.1) is 5.92 Å². The molecule has 1 aliphatic rings.